The molecule has 3 nitrogen and oxygen atoms in total. The van der Waals surface area contributed by atoms with Gasteiger partial charge in [0.25, 0.3) is 0 Å². The molecule has 0 spiro atoms. The third-order valence-corrected chi connectivity index (χ3v) is 4.08. The minimum atomic E-state index is -0.846. The van der Waals surface area contributed by atoms with E-state index in [4.69, 9.17) is 17.3 Å². The van der Waals surface area contributed by atoms with Gasteiger partial charge in [0.15, 0.2) is 0 Å². The zero-order chi connectivity index (χ0) is 14.2. The first-order valence-corrected chi connectivity index (χ1v) is 6.92. The molecule has 0 aromatic heterocycles. The summed E-state index contributed by atoms with van der Waals surface area (Å²) in [6, 6.07) is 15.3. The van der Waals surface area contributed by atoms with Crippen LogP contribution in [0.15, 0.2) is 48.5 Å². The van der Waals surface area contributed by atoms with Crippen molar-refractivity contribution in [1.29, 1.82) is 0 Å². The molecular weight excluding hydrogens is 272 g/mol. The van der Waals surface area contributed by atoms with Gasteiger partial charge in [-0.15, -0.1) is 0 Å². The monoisotopic (exact) mass is 286 g/mol. The number of hydrogen-bond acceptors (Lipinski definition) is 2. The number of amides is 1. The Bertz CT molecular complexity index is 657. The molecule has 0 heterocycles. The number of nitrogens with two attached hydrogens (primary N) is 1. The van der Waals surface area contributed by atoms with Gasteiger partial charge in [-0.2, -0.15) is 0 Å². The van der Waals surface area contributed by atoms with Crippen molar-refractivity contribution >= 4 is 23.2 Å². The topological polar surface area (TPSA) is 55.1 Å². The molecule has 2 aromatic carbocycles. The zero-order valence-electron chi connectivity index (χ0n) is 10.9. The lowest BCUT2D eigenvalue weighted by molar-refractivity contribution is -0.122. The molecule has 3 N–H and O–H groups in total. The van der Waals surface area contributed by atoms with E-state index in [-0.39, 0.29) is 5.91 Å². The van der Waals surface area contributed by atoms with E-state index in [0.717, 1.165) is 23.2 Å². The molecular formula is C16H15ClN2O. The predicted octanol–water partition coefficient (Wildman–Crippen LogP) is 3.08. The maximum absolute atomic E-state index is 12.1. The summed E-state index contributed by atoms with van der Waals surface area (Å²) in [6.45, 7) is 0. The quantitative estimate of drug-likeness (QED) is 0.911. The van der Waals surface area contributed by atoms with E-state index in [1.54, 1.807) is 6.07 Å². The summed E-state index contributed by atoms with van der Waals surface area (Å²) in [6.07, 6.45) is 1.44. The molecule has 2 aromatic rings. The normalized spacial score (nSPS) is 20.4. The smallest absolute Gasteiger partial charge is 0.247 e. The largest absolute Gasteiger partial charge is 0.368 e. The van der Waals surface area contributed by atoms with Crippen molar-refractivity contribution in [3.8, 4) is 0 Å². The van der Waals surface area contributed by atoms with E-state index in [2.05, 4.69) is 5.32 Å². The van der Waals surface area contributed by atoms with Gasteiger partial charge in [0.2, 0.25) is 5.91 Å². The average molecular weight is 287 g/mol. The number of nitrogens with one attached hydrogen (secondary N) is 1. The molecule has 1 atom stereocenters. The van der Waals surface area contributed by atoms with Crippen LogP contribution in [0.3, 0.4) is 0 Å². The Labute approximate surface area is 122 Å². The fourth-order valence-electron chi connectivity index (χ4n) is 2.86. The van der Waals surface area contributed by atoms with Gasteiger partial charge in [-0.3, -0.25) is 4.79 Å². The fraction of sp³-hybridized carbons (Fsp3) is 0.188. The summed E-state index contributed by atoms with van der Waals surface area (Å²) < 4.78 is 0. The highest BCUT2D eigenvalue weighted by Crippen LogP contribution is 2.40. The lowest BCUT2D eigenvalue weighted by Gasteiger charge is -2.29. The lowest BCUT2D eigenvalue weighted by atomic mass is 9.90. The van der Waals surface area contributed by atoms with E-state index >= 15 is 0 Å². The van der Waals surface area contributed by atoms with E-state index < -0.39 is 5.54 Å². The third kappa shape index (κ3) is 2.04. The number of aryl methyl sites for hydroxylation is 1. The molecule has 0 radical (unpaired) electrons. The van der Waals surface area contributed by atoms with Crippen molar-refractivity contribution < 1.29 is 4.79 Å². The van der Waals surface area contributed by atoms with Gasteiger partial charge in [-0.1, -0.05) is 35.9 Å². The molecule has 102 valence electrons. The molecule has 1 unspecified atom stereocenters. The molecule has 3 rings (SSSR count). The SMILES string of the molecule is NC(=O)C1(Nc2ccccc2)CCc2cc(Cl)ccc21. The summed E-state index contributed by atoms with van der Waals surface area (Å²) >= 11 is 6.02. The Kier molecular flexibility index (Phi) is 3.14. The third-order valence-electron chi connectivity index (χ3n) is 3.85. The first kappa shape index (κ1) is 13.0. The number of rotatable bonds is 3. The van der Waals surface area contributed by atoms with Crippen molar-refractivity contribution in [2.45, 2.75) is 18.4 Å². The van der Waals surface area contributed by atoms with Crippen LogP contribution in [-0.4, -0.2) is 5.91 Å². The van der Waals surface area contributed by atoms with Crippen LogP contribution in [0.4, 0.5) is 5.69 Å². The molecule has 0 saturated carbocycles. The van der Waals surface area contributed by atoms with Crippen LogP contribution < -0.4 is 11.1 Å². The first-order valence-electron chi connectivity index (χ1n) is 6.54. The van der Waals surface area contributed by atoms with E-state index in [1.807, 2.05) is 42.5 Å². The lowest BCUT2D eigenvalue weighted by Crippen LogP contribution is -2.46. The van der Waals surface area contributed by atoms with Gasteiger partial charge in [0, 0.05) is 10.7 Å². The summed E-state index contributed by atoms with van der Waals surface area (Å²) in [5.41, 5.74) is 7.75. The van der Waals surface area contributed by atoms with Crippen molar-refractivity contribution in [3.63, 3.8) is 0 Å². The highest BCUT2D eigenvalue weighted by molar-refractivity contribution is 6.30. The number of hydrogen-bond donors (Lipinski definition) is 2. The number of benzene rings is 2. The standard InChI is InChI=1S/C16H15ClN2O/c17-12-6-7-14-11(10-12)8-9-16(14,15(18)20)19-13-4-2-1-3-5-13/h1-7,10,19H,8-9H2,(H2,18,20). The Morgan fingerprint density at radius 1 is 1.20 bits per heavy atom. The average Bonchev–Trinajstić information content (AvgIpc) is 2.79. The molecule has 0 saturated heterocycles. The van der Waals surface area contributed by atoms with Crippen LogP contribution in [0, 0.1) is 0 Å². The van der Waals surface area contributed by atoms with Gasteiger partial charge in [-0.05, 0) is 48.2 Å². The van der Waals surface area contributed by atoms with Crippen LogP contribution in [-0.2, 0) is 16.8 Å². The second kappa shape index (κ2) is 4.84. The Balaban J connectivity index is 2.06. The molecule has 1 amide bonds. The van der Waals surface area contributed by atoms with Crippen molar-refractivity contribution in [3.05, 3.63) is 64.7 Å². The van der Waals surface area contributed by atoms with Crippen molar-refractivity contribution in [2.75, 3.05) is 5.32 Å². The number of carbonyl (C=O) groups is 1. The maximum atomic E-state index is 12.1. The Morgan fingerprint density at radius 2 is 1.95 bits per heavy atom. The second-order valence-electron chi connectivity index (χ2n) is 5.06. The van der Waals surface area contributed by atoms with Crippen LogP contribution in [0.2, 0.25) is 5.02 Å². The van der Waals surface area contributed by atoms with Crippen molar-refractivity contribution in [1.82, 2.24) is 0 Å². The van der Waals surface area contributed by atoms with Crippen LogP contribution in [0.5, 0.6) is 0 Å². The van der Waals surface area contributed by atoms with Gasteiger partial charge in [0.1, 0.15) is 5.54 Å². The van der Waals surface area contributed by atoms with Gasteiger partial charge >= 0.3 is 0 Å². The number of halogens is 1. The van der Waals surface area contributed by atoms with Gasteiger partial charge in [-0.25, -0.2) is 0 Å². The molecule has 1 aliphatic carbocycles. The van der Waals surface area contributed by atoms with E-state index in [9.17, 15) is 4.79 Å². The molecule has 20 heavy (non-hydrogen) atoms. The highest BCUT2D eigenvalue weighted by atomic mass is 35.5. The van der Waals surface area contributed by atoms with Crippen LogP contribution in [0.25, 0.3) is 0 Å². The first-order chi connectivity index (χ1) is 9.62. The van der Waals surface area contributed by atoms with E-state index in [1.165, 1.54) is 0 Å². The molecule has 4 heteroatoms. The summed E-state index contributed by atoms with van der Waals surface area (Å²) in [5.74, 6) is -0.359. The molecule has 0 fully saturated rings. The van der Waals surface area contributed by atoms with Gasteiger partial charge in [0.05, 0.1) is 0 Å². The fourth-order valence-corrected chi connectivity index (χ4v) is 3.05. The summed E-state index contributed by atoms with van der Waals surface area (Å²) in [4.78, 5) is 12.1. The Morgan fingerprint density at radius 3 is 2.65 bits per heavy atom. The van der Waals surface area contributed by atoms with Crippen molar-refractivity contribution in [2.24, 2.45) is 5.73 Å². The zero-order valence-corrected chi connectivity index (χ0v) is 11.7. The minimum Gasteiger partial charge on any atom is -0.368 e. The van der Waals surface area contributed by atoms with Crippen LogP contribution >= 0.6 is 11.6 Å². The minimum absolute atomic E-state index is 0.359. The van der Waals surface area contributed by atoms with Gasteiger partial charge < -0.3 is 11.1 Å². The second-order valence-corrected chi connectivity index (χ2v) is 5.50. The molecule has 0 aliphatic heterocycles. The van der Waals surface area contributed by atoms with Crippen LogP contribution in [0.1, 0.15) is 17.5 Å². The molecule has 1 aliphatic rings. The predicted molar refractivity (Wildman–Crippen MR) is 80.7 cm³/mol. The van der Waals surface area contributed by atoms with E-state index in [0.29, 0.717) is 11.4 Å². The number of para-hydroxylation sites is 1. The number of anilines is 1. The highest BCUT2D eigenvalue weighted by Gasteiger charge is 2.44. The summed E-state index contributed by atoms with van der Waals surface area (Å²) in [5, 5.41) is 4.00. The number of carbonyl (C=O) groups excluding carboxylic acids is 1. The Hall–Kier alpha value is -2.00. The number of primary amides is 1. The maximum Gasteiger partial charge on any atom is 0.247 e. The summed E-state index contributed by atoms with van der Waals surface area (Å²) in [7, 11) is 0. The molecule has 0 bridgehead atoms. The number of fused-ring (bicyclic) bond motifs is 1.